The summed E-state index contributed by atoms with van der Waals surface area (Å²) in [6.45, 7) is 2.38. The molecule has 1 atom stereocenters. The minimum absolute atomic E-state index is 0.205. The van der Waals surface area contributed by atoms with Crippen molar-refractivity contribution >= 4 is 11.9 Å². The molecule has 6 nitrogen and oxygen atoms in total. The van der Waals surface area contributed by atoms with Gasteiger partial charge in [-0.1, -0.05) is 0 Å². The molecule has 1 N–H and O–H groups in total. The maximum absolute atomic E-state index is 13.2. The fraction of sp³-hybridized carbons (Fsp3) is 0.312. The van der Waals surface area contributed by atoms with Crippen LogP contribution in [0.2, 0.25) is 0 Å². The van der Waals surface area contributed by atoms with Crippen LogP contribution in [0.1, 0.15) is 22.5 Å². The molecule has 1 amide bonds. The van der Waals surface area contributed by atoms with E-state index in [4.69, 9.17) is 5.11 Å². The van der Waals surface area contributed by atoms with Crippen molar-refractivity contribution in [1.29, 1.82) is 0 Å². The first-order valence-corrected chi connectivity index (χ1v) is 7.30. The van der Waals surface area contributed by atoms with E-state index in [0.29, 0.717) is 24.2 Å². The number of aryl methyl sites for hydroxylation is 1. The Morgan fingerprint density at radius 1 is 1.35 bits per heavy atom. The monoisotopic (exact) mass is 317 g/mol. The second kappa shape index (κ2) is 5.83. The van der Waals surface area contributed by atoms with Crippen LogP contribution in [0.3, 0.4) is 0 Å². The van der Waals surface area contributed by atoms with E-state index in [1.165, 1.54) is 21.7 Å². The van der Waals surface area contributed by atoms with E-state index in [-0.39, 0.29) is 24.0 Å². The molecule has 120 valence electrons. The van der Waals surface area contributed by atoms with Crippen molar-refractivity contribution in [3.05, 3.63) is 47.5 Å². The van der Waals surface area contributed by atoms with Crippen LogP contribution in [-0.2, 0) is 4.79 Å². The molecule has 1 aromatic heterocycles. The highest BCUT2D eigenvalue weighted by Gasteiger charge is 2.32. The first-order chi connectivity index (χ1) is 11.0. The highest BCUT2D eigenvalue weighted by Crippen LogP contribution is 2.19. The van der Waals surface area contributed by atoms with Crippen molar-refractivity contribution in [3.8, 4) is 5.69 Å². The molecule has 7 heteroatoms. The van der Waals surface area contributed by atoms with Crippen LogP contribution in [0, 0.1) is 18.7 Å². The van der Waals surface area contributed by atoms with Gasteiger partial charge in [-0.05, 0) is 43.2 Å². The molecule has 3 rings (SSSR count). The largest absolute Gasteiger partial charge is 0.481 e. The molecule has 1 fully saturated rings. The second-order valence-corrected chi connectivity index (χ2v) is 5.65. The molecule has 2 heterocycles. The van der Waals surface area contributed by atoms with Gasteiger partial charge in [0.25, 0.3) is 5.91 Å². The minimum atomic E-state index is -0.882. The van der Waals surface area contributed by atoms with Gasteiger partial charge in [0.2, 0.25) is 0 Å². The average molecular weight is 317 g/mol. The van der Waals surface area contributed by atoms with Crippen molar-refractivity contribution in [1.82, 2.24) is 14.7 Å². The van der Waals surface area contributed by atoms with Crippen LogP contribution >= 0.6 is 0 Å². The Labute approximate surface area is 132 Å². The topological polar surface area (TPSA) is 75.4 Å². The van der Waals surface area contributed by atoms with E-state index in [9.17, 15) is 14.0 Å². The van der Waals surface area contributed by atoms with E-state index < -0.39 is 11.9 Å². The Balaban J connectivity index is 1.79. The van der Waals surface area contributed by atoms with Crippen molar-refractivity contribution in [2.75, 3.05) is 13.1 Å². The molecule has 1 aliphatic rings. The van der Waals surface area contributed by atoms with Gasteiger partial charge >= 0.3 is 5.97 Å². The highest BCUT2D eigenvalue weighted by molar-refractivity contribution is 5.93. The maximum Gasteiger partial charge on any atom is 0.308 e. The number of carbonyl (C=O) groups excluding carboxylic acids is 1. The molecule has 1 saturated heterocycles. The first-order valence-electron chi connectivity index (χ1n) is 7.30. The lowest BCUT2D eigenvalue weighted by molar-refractivity contribution is -0.141. The normalized spacial score (nSPS) is 17.5. The Kier molecular flexibility index (Phi) is 3.85. The van der Waals surface area contributed by atoms with Gasteiger partial charge < -0.3 is 10.0 Å². The summed E-state index contributed by atoms with van der Waals surface area (Å²) in [6, 6.07) is 5.92. The minimum Gasteiger partial charge on any atom is -0.481 e. The number of aliphatic carboxylic acids is 1. The summed E-state index contributed by atoms with van der Waals surface area (Å²) >= 11 is 0. The molecule has 0 saturated carbocycles. The fourth-order valence-corrected chi connectivity index (χ4v) is 2.76. The summed E-state index contributed by atoms with van der Waals surface area (Å²) in [7, 11) is 0. The summed E-state index contributed by atoms with van der Waals surface area (Å²) in [5, 5.41) is 13.2. The smallest absolute Gasteiger partial charge is 0.308 e. The molecule has 0 bridgehead atoms. The summed E-state index contributed by atoms with van der Waals surface area (Å²) in [4.78, 5) is 24.9. The quantitative estimate of drug-likeness (QED) is 0.937. The third-order valence-corrected chi connectivity index (χ3v) is 4.04. The zero-order valence-electron chi connectivity index (χ0n) is 12.6. The number of halogens is 1. The van der Waals surface area contributed by atoms with E-state index >= 15 is 0 Å². The van der Waals surface area contributed by atoms with E-state index in [1.54, 1.807) is 25.3 Å². The predicted molar refractivity (Wildman–Crippen MR) is 79.9 cm³/mol. The molecular formula is C16H16FN3O3. The molecule has 2 aromatic rings. The van der Waals surface area contributed by atoms with Gasteiger partial charge in [0.05, 0.1) is 11.6 Å². The number of hydrogen-bond donors (Lipinski definition) is 1. The van der Waals surface area contributed by atoms with Gasteiger partial charge in [-0.25, -0.2) is 9.07 Å². The number of hydrogen-bond acceptors (Lipinski definition) is 3. The molecule has 1 aromatic carbocycles. The van der Waals surface area contributed by atoms with Crippen molar-refractivity contribution in [2.45, 2.75) is 13.3 Å². The molecule has 0 radical (unpaired) electrons. The highest BCUT2D eigenvalue weighted by atomic mass is 19.1. The lowest BCUT2D eigenvalue weighted by Crippen LogP contribution is -2.30. The molecule has 1 aliphatic heterocycles. The number of likely N-dealkylation sites (tertiary alicyclic amines) is 1. The number of aromatic nitrogens is 2. The van der Waals surface area contributed by atoms with Crippen molar-refractivity contribution in [2.24, 2.45) is 5.92 Å². The van der Waals surface area contributed by atoms with Crippen LogP contribution in [0.15, 0.2) is 30.5 Å². The molecule has 0 aliphatic carbocycles. The number of carboxylic acid groups (broad SMARTS) is 1. The average Bonchev–Trinajstić information content (AvgIpc) is 3.16. The number of nitrogens with zero attached hydrogens (tertiary/aromatic N) is 3. The molecule has 0 spiro atoms. The van der Waals surface area contributed by atoms with Gasteiger partial charge in [-0.3, -0.25) is 9.59 Å². The van der Waals surface area contributed by atoms with Gasteiger partial charge in [-0.2, -0.15) is 5.10 Å². The van der Waals surface area contributed by atoms with Crippen molar-refractivity contribution in [3.63, 3.8) is 0 Å². The van der Waals surface area contributed by atoms with E-state index in [2.05, 4.69) is 5.10 Å². The lowest BCUT2D eigenvalue weighted by atomic mass is 10.1. The number of benzene rings is 1. The summed E-state index contributed by atoms with van der Waals surface area (Å²) < 4.78 is 14.7. The van der Waals surface area contributed by atoms with E-state index in [1.807, 2.05) is 0 Å². The zero-order chi connectivity index (χ0) is 16.6. The van der Waals surface area contributed by atoms with Crippen LogP contribution in [0.4, 0.5) is 4.39 Å². The fourth-order valence-electron chi connectivity index (χ4n) is 2.76. The maximum atomic E-state index is 13.2. The Morgan fingerprint density at radius 3 is 2.78 bits per heavy atom. The number of carboxylic acids is 1. The molecular weight excluding hydrogens is 301 g/mol. The van der Waals surface area contributed by atoms with Gasteiger partial charge in [0.15, 0.2) is 5.69 Å². The van der Waals surface area contributed by atoms with Gasteiger partial charge in [0, 0.05) is 19.3 Å². The van der Waals surface area contributed by atoms with Crippen LogP contribution < -0.4 is 0 Å². The van der Waals surface area contributed by atoms with E-state index in [0.717, 1.165) is 0 Å². The Hall–Kier alpha value is -2.70. The predicted octanol–water partition coefficient (Wildman–Crippen LogP) is 1.87. The second-order valence-electron chi connectivity index (χ2n) is 5.65. The van der Waals surface area contributed by atoms with Gasteiger partial charge in [0.1, 0.15) is 5.82 Å². The lowest BCUT2D eigenvalue weighted by Gasteiger charge is -2.14. The van der Waals surface area contributed by atoms with Crippen LogP contribution in [-0.4, -0.2) is 44.8 Å². The Morgan fingerprint density at radius 2 is 2.13 bits per heavy atom. The molecule has 23 heavy (non-hydrogen) atoms. The standard InChI is InChI=1S/C16H16FN3O3/c1-10-8-12(17)2-3-14(10)20-7-5-13(18-20)15(21)19-6-4-11(9-19)16(22)23/h2-3,5,7-8,11H,4,6,9H2,1H3,(H,22,23). The zero-order valence-corrected chi connectivity index (χ0v) is 12.6. The third-order valence-electron chi connectivity index (χ3n) is 4.04. The van der Waals surface area contributed by atoms with Gasteiger partial charge in [-0.15, -0.1) is 0 Å². The van der Waals surface area contributed by atoms with Crippen molar-refractivity contribution < 1.29 is 19.1 Å². The summed E-state index contributed by atoms with van der Waals surface area (Å²) in [5.41, 5.74) is 1.65. The number of amides is 1. The Bertz CT molecular complexity index is 772. The van der Waals surface area contributed by atoms with Crippen LogP contribution in [0.5, 0.6) is 0 Å². The molecule has 1 unspecified atom stereocenters. The SMILES string of the molecule is Cc1cc(F)ccc1-n1ccc(C(=O)N2CCC(C(=O)O)C2)n1. The summed E-state index contributed by atoms with van der Waals surface area (Å²) in [5.74, 6) is -2.01. The third kappa shape index (κ3) is 2.94. The van der Waals surface area contributed by atoms with Crippen LogP contribution in [0.25, 0.3) is 5.69 Å². The number of rotatable bonds is 3. The number of carbonyl (C=O) groups is 2. The summed E-state index contributed by atoms with van der Waals surface area (Å²) in [6.07, 6.45) is 2.09. The first kappa shape index (κ1) is 15.2.